The van der Waals surface area contributed by atoms with Gasteiger partial charge in [0, 0.05) is 10.8 Å². The summed E-state index contributed by atoms with van der Waals surface area (Å²) in [6.45, 7) is 0. The first-order chi connectivity index (χ1) is 14.2. The zero-order valence-electron chi connectivity index (χ0n) is 15.1. The van der Waals surface area contributed by atoms with Gasteiger partial charge in [-0.15, -0.1) is 10.5 Å². The van der Waals surface area contributed by atoms with E-state index < -0.39 is 5.54 Å². The molecule has 3 aromatic carbocycles. The van der Waals surface area contributed by atoms with Gasteiger partial charge in [0.15, 0.2) is 11.8 Å². The van der Waals surface area contributed by atoms with Gasteiger partial charge in [-0.05, 0) is 41.5 Å². The number of carbonyl (C=O) groups excluding carboxylic acids is 1. The van der Waals surface area contributed by atoms with Crippen LogP contribution in [0.15, 0.2) is 77.8 Å². The van der Waals surface area contributed by atoms with Crippen LogP contribution >= 0.6 is 0 Å². The van der Waals surface area contributed by atoms with Crippen LogP contribution < -0.4 is 20.0 Å². The van der Waals surface area contributed by atoms with E-state index >= 15 is 0 Å². The minimum absolute atomic E-state index is 0.382. The van der Waals surface area contributed by atoms with Gasteiger partial charge < -0.3 is 9.47 Å². The van der Waals surface area contributed by atoms with E-state index in [0.717, 1.165) is 22.6 Å². The van der Waals surface area contributed by atoms with Crippen LogP contribution in [0.2, 0.25) is 0 Å². The topological polar surface area (TPSA) is 95.5 Å². The Morgan fingerprint density at radius 3 is 2.00 bits per heavy atom. The Balaban J connectivity index is 1.94. The van der Waals surface area contributed by atoms with E-state index in [1.54, 1.807) is 61.0 Å². The fraction of sp³-hybridized carbons (Fsp3) is 0.0435. The minimum Gasteiger partial charge on any atom is -0.388 e. The number of benzene rings is 3. The monoisotopic (exact) mass is 379 g/mol. The fourth-order valence-corrected chi connectivity index (χ4v) is 3.54. The highest BCUT2D eigenvalue weighted by atomic mass is 16.5. The van der Waals surface area contributed by atoms with Gasteiger partial charge >= 0.3 is 0 Å². The van der Waals surface area contributed by atoms with Crippen LogP contribution in [0.1, 0.15) is 11.1 Å². The molecule has 0 spiro atoms. The summed E-state index contributed by atoms with van der Waals surface area (Å²) in [4.78, 5) is 17.3. The summed E-state index contributed by atoms with van der Waals surface area (Å²) in [5.74, 6) is 0.794. The lowest BCUT2D eigenvalue weighted by Gasteiger charge is -2.25. The molecule has 0 fully saturated rings. The highest BCUT2D eigenvalue weighted by Crippen LogP contribution is 2.38. The van der Waals surface area contributed by atoms with Gasteiger partial charge in [0.05, 0.1) is 5.36 Å². The Morgan fingerprint density at radius 2 is 1.41 bits per heavy atom. The molecule has 1 unspecified atom stereocenters. The van der Waals surface area contributed by atoms with Crippen LogP contribution in [0.25, 0.3) is 5.57 Å². The molecular formula is C23H13N3O3. The maximum absolute atomic E-state index is 12.5. The van der Waals surface area contributed by atoms with Gasteiger partial charge in [-0.1, -0.05) is 42.5 Å². The van der Waals surface area contributed by atoms with Gasteiger partial charge in [0.2, 0.25) is 0 Å². The number of aldehydes is 1. The number of para-hydroxylation sites is 1. The number of fused-ring (bicyclic) bond motifs is 1. The molecule has 1 heterocycles. The van der Waals surface area contributed by atoms with Crippen molar-refractivity contribution >= 4 is 11.9 Å². The first-order valence-corrected chi connectivity index (χ1v) is 8.71. The van der Waals surface area contributed by atoms with Crippen molar-refractivity contribution in [2.75, 3.05) is 0 Å². The fourth-order valence-electron chi connectivity index (χ4n) is 3.54. The van der Waals surface area contributed by atoms with Crippen molar-refractivity contribution in [3.05, 3.63) is 94.5 Å². The number of hydrogen-bond donors (Lipinski definition) is 0. The van der Waals surface area contributed by atoms with E-state index in [1.165, 1.54) is 0 Å². The quantitative estimate of drug-likeness (QED) is 0.501. The van der Waals surface area contributed by atoms with E-state index in [2.05, 4.69) is 0 Å². The summed E-state index contributed by atoms with van der Waals surface area (Å²) in [6, 6.07) is 21.2. The molecule has 0 radical (unpaired) electrons. The molecule has 1 atom stereocenters. The van der Waals surface area contributed by atoms with Gasteiger partial charge in [0.25, 0.3) is 12.5 Å². The molecule has 0 aliphatic carbocycles. The van der Waals surface area contributed by atoms with Gasteiger partial charge in [0.1, 0.15) is 11.5 Å². The second-order valence-corrected chi connectivity index (χ2v) is 6.32. The average Bonchev–Trinajstić information content (AvgIpc) is 3.11. The number of nitriles is 2. The Hall–Kier alpha value is -4.42. The van der Waals surface area contributed by atoms with Crippen LogP contribution in [0.5, 0.6) is 11.5 Å². The molecule has 0 saturated carbocycles. The number of ether oxygens (including phenoxy) is 2. The van der Waals surface area contributed by atoms with E-state index in [0.29, 0.717) is 22.4 Å². The SMILES string of the molecule is N#COc1ccc(C2=c3ccccc3=NC2(C=O)c2ccc(OC#N)cc2)cc1. The zero-order chi connectivity index (χ0) is 20.3. The van der Waals surface area contributed by atoms with Gasteiger partial charge in [-0.2, -0.15) is 0 Å². The Bertz CT molecular complexity index is 1280. The Morgan fingerprint density at radius 1 is 0.828 bits per heavy atom. The number of rotatable bonds is 5. The summed E-state index contributed by atoms with van der Waals surface area (Å²) >= 11 is 0. The molecule has 3 aromatic rings. The third-order valence-corrected chi connectivity index (χ3v) is 4.79. The second kappa shape index (κ2) is 7.30. The van der Waals surface area contributed by atoms with Crippen LogP contribution in [0.4, 0.5) is 0 Å². The molecule has 1 aliphatic rings. The molecule has 6 nitrogen and oxygen atoms in total. The molecule has 0 bridgehead atoms. The predicted octanol–water partition coefficient (Wildman–Crippen LogP) is 2.33. The molecule has 0 amide bonds. The highest BCUT2D eigenvalue weighted by molar-refractivity contribution is 5.92. The van der Waals surface area contributed by atoms with Crippen molar-refractivity contribution in [2.45, 2.75) is 5.54 Å². The third-order valence-electron chi connectivity index (χ3n) is 4.79. The van der Waals surface area contributed by atoms with Crippen LogP contribution in [-0.4, -0.2) is 6.29 Å². The number of hydrogen-bond acceptors (Lipinski definition) is 6. The second-order valence-electron chi connectivity index (χ2n) is 6.32. The van der Waals surface area contributed by atoms with Crippen molar-refractivity contribution in [2.24, 2.45) is 4.99 Å². The van der Waals surface area contributed by atoms with Crippen LogP contribution in [0.3, 0.4) is 0 Å². The summed E-state index contributed by atoms with van der Waals surface area (Å²) in [6.07, 6.45) is 4.09. The van der Waals surface area contributed by atoms with Crippen LogP contribution in [0, 0.1) is 23.0 Å². The predicted molar refractivity (Wildman–Crippen MR) is 103 cm³/mol. The zero-order valence-corrected chi connectivity index (χ0v) is 15.1. The normalized spacial score (nSPS) is 16.7. The molecule has 29 heavy (non-hydrogen) atoms. The highest BCUT2D eigenvalue weighted by Gasteiger charge is 2.40. The summed E-state index contributed by atoms with van der Waals surface area (Å²) in [5, 5.41) is 18.9. The van der Waals surface area contributed by atoms with Crippen LogP contribution in [-0.2, 0) is 10.3 Å². The molecule has 0 N–H and O–H groups in total. The smallest absolute Gasteiger partial charge is 0.292 e. The first-order valence-electron chi connectivity index (χ1n) is 8.71. The molecule has 1 aliphatic heterocycles. The molecule has 0 aromatic heterocycles. The summed E-state index contributed by atoms with van der Waals surface area (Å²) < 4.78 is 9.69. The van der Waals surface area contributed by atoms with E-state index in [-0.39, 0.29) is 0 Å². The lowest BCUT2D eigenvalue weighted by atomic mass is 9.81. The van der Waals surface area contributed by atoms with Crippen molar-refractivity contribution in [1.82, 2.24) is 0 Å². The number of carbonyl (C=O) groups is 1. The Kier molecular flexibility index (Phi) is 4.52. The summed E-state index contributed by atoms with van der Waals surface area (Å²) in [5.41, 5.74) is 0.933. The maximum atomic E-state index is 12.5. The first kappa shape index (κ1) is 18.0. The van der Waals surface area contributed by atoms with E-state index in [1.807, 2.05) is 24.3 Å². The van der Waals surface area contributed by atoms with Gasteiger partial charge in [-0.3, -0.25) is 9.79 Å². The third kappa shape index (κ3) is 2.99. The standard InChI is InChI=1S/C23H13N3O3/c24-14-28-18-9-5-16(6-10-18)22-20-3-1-2-4-21(20)26-23(22,13-27)17-7-11-19(12-8-17)29-15-25/h1-13H. The maximum Gasteiger partial charge on any atom is 0.292 e. The summed E-state index contributed by atoms with van der Waals surface area (Å²) in [7, 11) is 0. The van der Waals surface area contributed by atoms with Crippen molar-refractivity contribution < 1.29 is 14.3 Å². The average molecular weight is 379 g/mol. The van der Waals surface area contributed by atoms with E-state index in [9.17, 15) is 4.79 Å². The van der Waals surface area contributed by atoms with Crippen molar-refractivity contribution in [3.8, 4) is 24.0 Å². The molecule has 0 saturated heterocycles. The molecule has 4 rings (SSSR count). The number of nitrogens with zero attached hydrogens (tertiary/aromatic N) is 3. The molecule has 138 valence electrons. The Labute approximate surface area is 166 Å². The van der Waals surface area contributed by atoms with Crippen molar-refractivity contribution in [3.63, 3.8) is 0 Å². The van der Waals surface area contributed by atoms with Gasteiger partial charge in [-0.25, -0.2) is 0 Å². The lowest BCUT2D eigenvalue weighted by molar-refractivity contribution is -0.110. The van der Waals surface area contributed by atoms with Crippen molar-refractivity contribution in [1.29, 1.82) is 10.5 Å². The molecular weight excluding hydrogens is 366 g/mol. The lowest BCUT2D eigenvalue weighted by Crippen LogP contribution is -2.28. The van der Waals surface area contributed by atoms with E-state index in [4.69, 9.17) is 25.0 Å². The largest absolute Gasteiger partial charge is 0.388 e. The molecule has 6 heteroatoms. The minimum atomic E-state index is -1.24.